The van der Waals surface area contributed by atoms with Crippen molar-refractivity contribution in [1.29, 1.82) is 0 Å². The number of nitrogens with two attached hydrogens (primary N) is 1. The highest BCUT2D eigenvalue weighted by Gasteiger charge is 2.17. The zero-order valence-corrected chi connectivity index (χ0v) is 12.4. The van der Waals surface area contributed by atoms with Gasteiger partial charge in [-0.25, -0.2) is 4.79 Å². The van der Waals surface area contributed by atoms with E-state index in [2.05, 4.69) is 22.1 Å². The van der Waals surface area contributed by atoms with Gasteiger partial charge in [0.1, 0.15) is 5.60 Å². The minimum atomic E-state index is -0.497. The molecule has 1 heterocycles. The molecule has 20 heavy (non-hydrogen) atoms. The molecule has 0 saturated carbocycles. The average molecular weight is 275 g/mol. The van der Waals surface area contributed by atoms with E-state index in [4.69, 9.17) is 10.5 Å². The van der Waals surface area contributed by atoms with Gasteiger partial charge in [0, 0.05) is 30.4 Å². The SMILES string of the molecule is C[C@@H](CC#Cc1cncc(N)c1)NC(=O)OC(C)(C)C. The van der Waals surface area contributed by atoms with Crippen molar-refractivity contribution in [1.82, 2.24) is 10.3 Å². The molecule has 1 atom stereocenters. The number of pyridine rings is 1. The number of amides is 1. The molecule has 1 aromatic rings. The third kappa shape index (κ3) is 6.64. The minimum Gasteiger partial charge on any atom is -0.444 e. The Morgan fingerprint density at radius 3 is 2.80 bits per heavy atom. The van der Waals surface area contributed by atoms with Crippen molar-refractivity contribution < 1.29 is 9.53 Å². The summed E-state index contributed by atoms with van der Waals surface area (Å²) in [5.41, 5.74) is 6.45. The molecular formula is C15H21N3O2. The van der Waals surface area contributed by atoms with Crippen LogP contribution in [0.3, 0.4) is 0 Å². The Hall–Kier alpha value is -2.22. The molecule has 0 aliphatic carbocycles. The molecule has 0 aliphatic rings. The highest BCUT2D eigenvalue weighted by molar-refractivity contribution is 5.68. The van der Waals surface area contributed by atoms with Gasteiger partial charge in [0.25, 0.3) is 0 Å². The third-order valence-electron chi connectivity index (χ3n) is 2.16. The van der Waals surface area contributed by atoms with Crippen LogP contribution in [0, 0.1) is 11.8 Å². The van der Waals surface area contributed by atoms with Gasteiger partial charge in [0.05, 0.1) is 5.69 Å². The maximum absolute atomic E-state index is 11.5. The molecule has 0 radical (unpaired) electrons. The Labute approximate surface area is 119 Å². The molecular weight excluding hydrogens is 254 g/mol. The second-order valence-corrected chi connectivity index (χ2v) is 5.56. The van der Waals surface area contributed by atoms with E-state index in [-0.39, 0.29) is 6.04 Å². The Kier molecular flexibility index (Phi) is 5.39. The van der Waals surface area contributed by atoms with Gasteiger partial charge in [-0.3, -0.25) is 4.98 Å². The van der Waals surface area contributed by atoms with Crippen LogP contribution in [0.5, 0.6) is 0 Å². The summed E-state index contributed by atoms with van der Waals surface area (Å²) in [5.74, 6) is 5.93. The van der Waals surface area contributed by atoms with Gasteiger partial charge in [-0.1, -0.05) is 11.8 Å². The highest BCUT2D eigenvalue weighted by atomic mass is 16.6. The predicted molar refractivity (Wildman–Crippen MR) is 79.0 cm³/mol. The average Bonchev–Trinajstić information content (AvgIpc) is 2.25. The molecule has 0 bridgehead atoms. The second-order valence-electron chi connectivity index (χ2n) is 5.56. The van der Waals surface area contributed by atoms with Gasteiger partial charge in [-0.05, 0) is 33.8 Å². The number of ether oxygens (including phenoxy) is 1. The molecule has 5 nitrogen and oxygen atoms in total. The topological polar surface area (TPSA) is 77.2 Å². The molecule has 0 fully saturated rings. The molecule has 0 saturated heterocycles. The van der Waals surface area contributed by atoms with E-state index in [9.17, 15) is 4.79 Å². The number of aromatic nitrogens is 1. The standard InChI is InChI=1S/C15H21N3O2/c1-11(18-14(19)20-15(2,3)4)6-5-7-12-8-13(16)10-17-9-12/h8-11H,6,16H2,1-4H3,(H,18,19)/t11-/m0/s1. The Morgan fingerprint density at radius 1 is 1.50 bits per heavy atom. The van der Waals surface area contributed by atoms with Crippen LogP contribution in [-0.2, 0) is 4.74 Å². The first-order valence-corrected chi connectivity index (χ1v) is 6.45. The molecule has 0 unspecified atom stereocenters. The fraction of sp³-hybridized carbons (Fsp3) is 0.467. The van der Waals surface area contributed by atoms with Crippen LogP contribution in [-0.4, -0.2) is 22.7 Å². The quantitative estimate of drug-likeness (QED) is 0.812. The zero-order valence-electron chi connectivity index (χ0n) is 12.4. The number of carbonyl (C=O) groups is 1. The summed E-state index contributed by atoms with van der Waals surface area (Å²) in [6, 6.07) is 1.66. The van der Waals surface area contributed by atoms with Crippen molar-refractivity contribution in [2.24, 2.45) is 0 Å². The van der Waals surface area contributed by atoms with Crippen molar-refractivity contribution in [2.75, 3.05) is 5.73 Å². The van der Waals surface area contributed by atoms with E-state index in [1.807, 2.05) is 27.7 Å². The van der Waals surface area contributed by atoms with Crippen LogP contribution >= 0.6 is 0 Å². The van der Waals surface area contributed by atoms with Gasteiger partial charge in [0.2, 0.25) is 0 Å². The minimum absolute atomic E-state index is 0.0913. The lowest BCUT2D eigenvalue weighted by Crippen LogP contribution is -2.37. The summed E-state index contributed by atoms with van der Waals surface area (Å²) in [6.45, 7) is 7.34. The molecule has 1 aromatic heterocycles. The van der Waals surface area contributed by atoms with Gasteiger partial charge in [-0.15, -0.1) is 0 Å². The van der Waals surface area contributed by atoms with Crippen molar-refractivity contribution in [3.05, 3.63) is 24.0 Å². The van der Waals surface area contributed by atoms with E-state index in [0.717, 1.165) is 5.56 Å². The summed E-state index contributed by atoms with van der Waals surface area (Å²) in [5, 5.41) is 2.73. The Balaban J connectivity index is 2.44. The molecule has 1 amide bonds. The number of rotatable bonds is 2. The summed E-state index contributed by atoms with van der Waals surface area (Å²) in [4.78, 5) is 15.5. The monoisotopic (exact) mass is 275 g/mol. The number of alkyl carbamates (subject to hydrolysis) is 1. The van der Waals surface area contributed by atoms with Gasteiger partial charge < -0.3 is 15.8 Å². The lowest BCUT2D eigenvalue weighted by atomic mass is 10.2. The third-order valence-corrected chi connectivity index (χ3v) is 2.16. The van der Waals surface area contributed by atoms with E-state index >= 15 is 0 Å². The van der Waals surface area contributed by atoms with E-state index in [1.54, 1.807) is 18.5 Å². The maximum Gasteiger partial charge on any atom is 0.407 e. The lowest BCUT2D eigenvalue weighted by molar-refractivity contribution is 0.0509. The first kappa shape index (κ1) is 15.8. The summed E-state index contributed by atoms with van der Waals surface area (Å²) in [7, 11) is 0. The van der Waals surface area contributed by atoms with Crippen molar-refractivity contribution in [3.8, 4) is 11.8 Å². The van der Waals surface area contributed by atoms with E-state index in [1.165, 1.54) is 0 Å². The fourth-order valence-electron chi connectivity index (χ4n) is 1.39. The van der Waals surface area contributed by atoms with Crippen LogP contribution in [0.1, 0.15) is 39.7 Å². The predicted octanol–water partition coefficient (Wildman–Crippen LogP) is 2.32. The number of hydrogen-bond acceptors (Lipinski definition) is 4. The smallest absolute Gasteiger partial charge is 0.407 e. The summed E-state index contributed by atoms with van der Waals surface area (Å²) in [6.07, 6.45) is 3.30. The summed E-state index contributed by atoms with van der Waals surface area (Å²) < 4.78 is 5.16. The van der Waals surface area contributed by atoms with Gasteiger partial charge in [-0.2, -0.15) is 0 Å². The van der Waals surface area contributed by atoms with Crippen molar-refractivity contribution in [3.63, 3.8) is 0 Å². The molecule has 0 aliphatic heterocycles. The number of nitrogens with zero attached hydrogens (tertiary/aromatic N) is 1. The number of nitrogens with one attached hydrogen (secondary N) is 1. The lowest BCUT2D eigenvalue weighted by Gasteiger charge is -2.21. The Morgan fingerprint density at radius 2 is 2.20 bits per heavy atom. The van der Waals surface area contributed by atoms with Crippen LogP contribution in [0.2, 0.25) is 0 Å². The number of anilines is 1. The van der Waals surface area contributed by atoms with Crippen LogP contribution in [0.25, 0.3) is 0 Å². The van der Waals surface area contributed by atoms with E-state index < -0.39 is 11.7 Å². The number of hydrogen-bond donors (Lipinski definition) is 2. The zero-order chi connectivity index (χ0) is 15.2. The Bertz CT molecular complexity index is 524. The highest BCUT2D eigenvalue weighted by Crippen LogP contribution is 2.07. The fourth-order valence-corrected chi connectivity index (χ4v) is 1.39. The molecule has 5 heteroatoms. The van der Waals surface area contributed by atoms with E-state index in [0.29, 0.717) is 12.1 Å². The summed E-state index contributed by atoms with van der Waals surface area (Å²) >= 11 is 0. The van der Waals surface area contributed by atoms with Crippen molar-refractivity contribution >= 4 is 11.8 Å². The van der Waals surface area contributed by atoms with Crippen LogP contribution in [0.15, 0.2) is 18.5 Å². The number of carbonyl (C=O) groups excluding carboxylic acids is 1. The molecule has 0 spiro atoms. The van der Waals surface area contributed by atoms with Crippen LogP contribution in [0.4, 0.5) is 10.5 Å². The van der Waals surface area contributed by atoms with Crippen molar-refractivity contribution in [2.45, 2.75) is 45.8 Å². The largest absolute Gasteiger partial charge is 0.444 e. The first-order chi connectivity index (χ1) is 9.26. The maximum atomic E-state index is 11.5. The molecule has 1 rings (SSSR count). The van der Waals surface area contributed by atoms with Gasteiger partial charge >= 0.3 is 6.09 Å². The molecule has 3 N–H and O–H groups in total. The number of nitrogen functional groups attached to an aromatic ring is 1. The molecule has 0 aromatic carbocycles. The van der Waals surface area contributed by atoms with Gasteiger partial charge in [0.15, 0.2) is 0 Å². The normalized spacial score (nSPS) is 12.0. The molecule has 108 valence electrons. The first-order valence-electron chi connectivity index (χ1n) is 6.45. The second kappa shape index (κ2) is 6.80. The van der Waals surface area contributed by atoms with Crippen LogP contribution < -0.4 is 11.1 Å².